The lowest BCUT2D eigenvalue weighted by molar-refractivity contribution is -0.125. The summed E-state index contributed by atoms with van der Waals surface area (Å²) in [6, 6.07) is 12.5. The van der Waals surface area contributed by atoms with Gasteiger partial charge in [-0.05, 0) is 43.3 Å². The van der Waals surface area contributed by atoms with E-state index in [2.05, 4.69) is 15.5 Å². The second-order valence-corrected chi connectivity index (χ2v) is 7.11. The minimum atomic E-state index is -0.534. The van der Waals surface area contributed by atoms with E-state index >= 15 is 0 Å². The van der Waals surface area contributed by atoms with E-state index in [1.165, 1.54) is 12.1 Å². The Bertz CT molecular complexity index is 1080. The normalized spacial score (nSPS) is 13.8. The van der Waals surface area contributed by atoms with Crippen molar-refractivity contribution in [2.75, 3.05) is 18.1 Å². The number of ether oxygens (including phenoxy) is 1. The van der Waals surface area contributed by atoms with Gasteiger partial charge in [0.1, 0.15) is 24.2 Å². The molecule has 0 spiro atoms. The number of para-hydroxylation sites is 2. The van der Waals surface area contributed by atoms with Gasteiger partial charge < -0.3 is 19.5 Å². The van der Waals surface area contributed by atoms with Crippen LogP contribution in [0.2, 0.25) is 0 Å². The highest BCUT2D eigenvalue weighted by atomic mass is 19.1. The van der Waals surface area contributed by atoms with Crippen molar-refractivity contribution in [2.24, 2.45) is 0 Å². The summed E-state index contributed by atoms with van der Waals surface area (Å²) < 4.78 is 23.8. The van der Waals surface area contributed by atoms with Gasteiger partial charge in [0.15, 0.2) is 0 Å². The standard InChI is InChI=1S/C22H21FN4O4/c1-14(22-25-21(26-31-22)15-6-8-16(23)9-7-15)24-19(28)10-11-20(29)27-12-13-30-18-5-3-2-4-17(18)27/h2-9,14H,10-13H2,1H3,(H,24,28). The summed E-state index contributed by atoms with van der Waals surface area (Å²) in [7, 11) is 0. The Morgan fingerprint density at radius 1 is 1.16 bits per heavy atom. The van der Waals surface area contributed by atoms with Crippen molar-refractivity contribution in [1.82, 2.24) is 15.5 Å². The minimum Gasteiger partial charge on any atom is -0.490 e. The molecule has 2 amide bonds. The lowest BCUT2D eigenvalue weighted by Crippen LogP contribution is -2.38. The Morgan fingerprint density at radius 2 is 1.94 bits per heavy atom. The van der Waals surface area contributed by atoms with Gasteiger partial charge in [0.25, 0.3) is 0 Å². The fourth-order valence-corrected chi connectivity index (χ4v) is 3.29. The summed E-state index contributed by atoms with van der Waals surface area (Å²) in [6.07, 6.45) is 0.0964. The number of nitrogens with one attached hydrogen (secondary N) is 1. The molecule has 1 unspecified atom stereocenters. The molecule has 0 saturated heterocycles. The number of hydrogen-bond acceptors (Lipinski definition) is 6. The molecule has 31 heavy (non-hydrogen) atoms. The first kappa shape index (κ1) is 20.5. The van der Waals surface area contributed by atoms with Gasteiger partial charge in [-0.3, -0.25) is 9.59 Å². The molecule has 4 rings (SSSR count). The third kappa shape index (κ3) is 4.71. The second-order valence-electron chi connectivity index (χ2n) is 7.11. The molecule has 1 atom stereocenters. The summed E-state index contributed by atoms with van der Waals surface area (Å²) in [5.74, 6) is 0.383. The van der Waals surface area contributed by atoms with Crippen LogP contribution in [0.1, 0.15) is 31.7 Å². The number of benzene rings is 2. The Labute approximate surface area is 178 Å². The van der Waals surface area contributed by atoms with Crippen LogP contribution in [0.15, 0.2) is 53.1 Å². The van der Waals surface area contributed by atoms with Crippen LogP contribution >= 0.6 is 0 Å². The van der Waals surface area contributed by atoms with E-state index in [1.807, 2.05) is 24.3 Å². The lowest BCUT2D eigenvalue weighted by atomic mass is 10.2. The molecule has 0 radical (unpaired) electrons. The zero-order chi connectivity index (χ0) is 21.8. The predicted octanol–water partition coefficient (Wildman–Crippen LogP) is 3.26. The molecule has 0 saturated carbocycles. The smallest absolute Gasteiger partial charge is 0.249 e. The number of amides is 2. The van der Waals surface area contributed by atoms with Crippen molar-refractivity contribution in [1.29, 1.82) is 0 Å². The van der Waals surface area contributed by atoms with Crippen LogP contribution in [-0.4, -0.2) is 35.1 Å². The quantitative estimate of drug-likeness (QED) is 0.652. The Hall–Kier alpha value is -3.75. The molecule has 1 N–H and O–H groups in total. The number of carbonyl (C=O) groups excluding carboxylic acids is 2. The van der Waals surface area contributed by atoms with E-state index < -0.39 is 6.04 Å². The molecule has 1 aromatic heterocycles. The van der Waals surface area contributed by atoms with Gasteiger partial charge in [-0.1, -0.05) is 17.3 Å². The first-order valence-corrected chi connectivity index (χ1v) is 9.92. The molecule has 160 valence electrons. The van der Waals surface area contributed by atoms with Crippen molar-refractivity contribution in [2.45, 2.75) is 25.8 Å². The highest BCUT2D eigenvalue weighted by molar-refractivity contribution is 5.97. The fraction of sp³-hybridized carbons (Fsp3) is 0.273. The van der Waals surface area contributed by atoms with Gasteiger partial charge in [0.2, 0.25) is 23.5 Å². The molecule has 0 aliphatic carbocycles. The SMILES string of the molecule is CC(NC(=O)CCC(=O)N1CCOc2ccccc21)c1nc(-c2ccc(F)cc2)no1. The summed E-state index contributed by atoms with van der Waals surface area (Å²) in [6.45, 7) is 2.57. The van der Waals surface area contributed by atoms with Gasteiger partial charge in [-0.2, -0.15) is 4.98 Å². The first-order chi connectivity index (χ1) is 15.0. The van der Waals surface area contributed by atoms with Crippen LogP contribution < -0.4 is 15.0 Å². The molecule has 1 aliphatic rings. The van der Waals surface area contributed by atoms with Crippen molar-refractivity contribution < 1.29 is 23.2 Å². The lowest BCUT2D eigenvalue weighted by Gasteiger charge is -2.29. The van der Waals surface area contributed by atoms with Crippen LogP contribution in [0.5, 0.6) is 5.75 Å². The molecule has 1 aliphatic heterocycles. The van der Waals surface area contributed by atoms with Crippen LogP contribution in [0.25, 0.3) is 11.4 Å². The van der Waals surface area contributed by atoms with Crippen molar-refractivity contribution >= 4 is 17.5 Å². The van der Waals surface area contributed by atoms with Gasteiger partial charge in [0, 0.05) is 18.4 Å². The topological polar surface area (TPSA) is 97.6 Å². The number of carbonyl (C=O) groups is 2. The zero-order valence-corrected chi connectivity index (χ0v) is 16.9. The molecule has 3 aromatic rings. The number of rotatable bonds is 6. The van der Waals surface area contributed by atoms with Crippen molar-refractivity contribution in [3.63, 3.8) is 0 Å². The van der Waals surface area contributed by atoms with Gasteiger partial charge >= 0.3 is 0 Å². The molecule has 0 fully saturated rings. The maximum Gasteiger partial charge on any atom is 0.249 e. The van der Waals surface area contributed by atoms with Crippen LogP contribution in [0.3, 0.4) is 0 Å². The molecule has 8 nitrogen and oxygen atoms in total. The molecule has 2 heterocycles. The maximum absolute atomic E-state index is 13.1. The van der Waals surface area contributed by atoms with Crippen LogP contribution in [-0.2, 0) is 9.59 Å². The van der Waals surface area contributed by atoms with Gasteiger partial charge in [-0.25, -0.2) is 4.39 Å². The first-order valence-electron chi connectivity index (χ1n) is 9.92. The average molecular weight is 424 g/mol. The monoisotopic (exact) mass is 424 g/mol. The van der Waals surface area contributed by atoms with Crippen molar-refractivity contribution in [3.8, 4) is 17.1 Å². The molecule has 2 aromatic carbocycles. The Balaban J connectivity index is 1.31. The number of fused-ring (bicyclic) bond motifs is 1. The summed E-state index contributed by atoms with van der Waals surface area (Å²) in [5, 5.41) is 6.63. The summed E-state index contributed by atoms with van der Waals surface area (Å²) in [4.78, 5) is 30.9. The van der Waals surface area contributed by atoms with E-state index in [0.717, 1.165) is 0 Å². The summed E-state index contributed by atoms with van der Waals surface area (Å²) in [5.41, 5.74) is 1.32. The fourth-order valence-electron chi connectivity index (χ4n) is 3.29. The van der Waals surface area contributed by atoms with Gasteiger partial charge in [-0.15, -0.1) is 0 Å². The van der Waals surface area contributed by atoms with E-state index in [-0.39, 0.29) is 36.4 Å². The highest BCUT2D eigenvalue weighted by Gasteiger charge is 2.24. The predicted molar refractivity (Wildman–Crippen MR) is 110 cm³/mol. The number of hydrogen-bond donors (Lipinski definition) is 1. The Kier molecular flexibility index (Phi) is 5.92. The maximum atomic E-state index is 13.1. The number of nitrogens with zero attached hydrogens (tertiary/aromatic N) is 3. The third-order valence-electron chi connectivity index (χ3n) is 4.89. The number of anilines is 1. The molecular formula is C22H21FN4O4. The summed E-state index contributed by atoms with van der Waals surface area (Å²) >= 11 is 0. The average Bonchev–Trinajstić information content (AvgIpc) is 3.28. The number of aromatic nitrogens is 2. The Morgan fingerprint density at radius 3 is 2.74 bits per heavy atom. The van der Waals surface area contributed by atoms with Gasteiger partial charge in [0.05, 0.1) is 12.2 Å². The molecule has 9 heteroatoms. The molecular weight excluding hydrogens is 403 g/mol. The van der Waals surface area contributed by atoms with Crippen LogP contribution in [0, 0.1) is 5.82 Å². The van der Waals surface area contributed by atoms with Crippen molar-refractivity contribution in [3.05, 3.63) is 60.2 Å². The number of halogens is 1. The van der Waals surface area contributed by atoms with E-state index in [9.17, 15) is 14.0 Å². The highest BCUT2D eigenvalue weighted by Crippen LogP contribution is 2.31. The second kappa shape index (κ2) is 8.95. The van der Waals surface area contributed by atoms with E-state index in [4.69, 9.17) is 9.26 Å². The van der Waals surface area contributed by atoms with E-state index in [1.54, 1.807) is 24.0 Å². The largest absolute Gasteiger partial charge is 0.490 e. The van der Waals surface area contributed by atoms with Crippen LogP contribution in [0.4, 0.5) is 10.1 Å². The minimum absolute atomic E-state index is 0.0294. The third-order valence-corrected chi connectivity index (χ3v) is 4.89. The molecule has 0 bridgehead atoms. The zero-order valence-electron chi connectivity index (χ0n) is 16.9. The van der Waals surface area contributed by atoms with E-state index in [0.29, 0.717) is 36.0 Å².